The number of amides is 6. The molecule has 16 nitrogen and oxygen atoms in total. The van der Waals surface area contributed by atoms with Gasteiger partial charge in [0, 0.05) is 50.6 Å². The molecule has 0 bridgehead atoms. The van der Waals surface area contributed by atoms with Crippen LogP contribution in [-0.4, -0.2) is 90.5 Å². The Hall–Kier alpha value is -6.04. The van der Waals surface area contributed by atoms with Crippen molar-refractivity contribution < 1.29 is 37.2 Å². The van der Waals surface area contributed by atoms with Gasteiger partial charge in [-0.15, -0.1) is 0 Å². The van der Waals surface area contributed by atoms with Crippen LogP contribution in [0.1, 0.15) is 87.0 Å². The molecule has 1 aliphatic carbocycles. The molecule has 0 radical (unpaired) electrons. The lowest BCUT2D eigenvalue weighted by Gasteiger charge is -2.32. The smallest absolute Gasteiger partial charge is 0.343 e. The standard InChI is InChI=1S/C35H34F2N10O6/c36-30(37)29-25(40-31(49)26-18-53-32(41-26)21-5-9-38-27(14-21)39-15-19-1-2-19)17-45(43-29)22-6-10-44(11-7-22)16-20-3-4-23-24(13-20)34(51)47(33(23)50)46-12-8-28(48)42-35(46)52/h3-5,9,13-14,17-19,22,30H,1-2,6-8,10-12,15-16H2,(H,38,39)(H,40,49)(H,42,48,52). The summed E-state index contributed by atoms with van der Waals surface area (Å²) in [7, 11) is 0. The number of carbonyl (C=O) groups is 5. The number of carbonyl (C=O) groups excluding carboxylic acids is 5. The maximum absolute atomic E-state index is 14.1. The van der Waals surface area contributed by atoms with Gasteiger partial charge in [0.2, 0.25) is 11.8 Å². The van der Waals surface area contributed by atoms with Gasteiger partial charge in [-0.05, 0) is 61.4 Å². The van der Waals surface area contributed by atoms with Gasteiger partial charge in [0.25, 0.3) is 24.1 Å². The van der Waals surface area contributed by atoms with Gasteiger partial charge in [-0.2, -0.15) is 10.1 Å². The van der Waals surface area contributed by atoms with Crippen molar-refractivity contribution in [3.63, 3.8) is 0 Å². The fourth-order valence-electron chi connectivity index (χ4n) is 6.72. The number of hydrazine groups is 1. The van der Waals surface area contributed by atoms with E-state index in [1.54, 1.807) is 36.5 Å². The van der Waals surface area contributed by atoms with Crippen LogP contribution in [0, 0.1) is 5.92 Å². The van der Waals surface area contributed by atoms with Gasteiger partial charge < -0.3 is 15.1 Å². The van der Waals surface area contributed by atoms with Crippen molar-refractivity contribution in [3.8, 4) is 11.5 Å². The van der Waals surface area contributed by atoms with E-state index in [-0.39, 0.29) is 47.4 Å². The van der Waals surface area contributed by atoms with E-state index >= 15 is 0 Å². The fourth-order valence-corrected chi connectivity index (χ4v) is 6.72. The Morgan fingerprint density at radius 3 is 2.55 bits per heavy atom. The molecular weight excluding hydrogens is 694 g/mol. The molecule has 2 saturated heterocycles. The molecule has 0 spiro atoms. The minimum absolute atomic E-state index is 0.0331. The summed E-state index contributed by atoms with van der Waals surface area (Å²) >= 11 is 0. The predicted octanol–water partition coefficient (Wildman–Crippen LogP) is 4.23. The number of aromatic nitrogens is 4. The van der Waals surface area contributed by atoms with Gasteiger partial charge in [0.15, 0.2) is 11.4 Å². The minimum atomic E-state index is -2.94. The lowest BCUT2D eigenvalue weighted by molar-refractivity contribution is -0.122. The lowest BCUT2D eigenvalue weighted by Crippen LogP contribution is -2.58. The molecule has 53 heavy (non-hydrogen) atoms. The lowest BCUT2D eigenvalue weighted by atomic mass is 10.0. The summed E-state index contributed by atoms with van der Waals surface area (Å²) < 4.78 is 35.2. The van der Waals surface area contributed by atoms with Crippen molar-refractivity contribution in [2.24, 2.45) is 5.92 Å². The van der Waals surface area contributed by atoms with Crippen LogP contribution in [-0.2, 0) is 11.3 Å². The summed E-state index contributed by atoms with van der Waals surface area (Å²) in [5.74, 6) is -0.973. The van der Waals surface area contributed by atoms with E-state index in [0.717, 1.165) is 22.1 Å². The summed E-state index contributed by atoms with van der Waals surface area (Å²) in [6.45, 7) is 2.37. The first-order chi connectivity index (χ1) is 25.6. The van der Waals surface area contributed by atoms with Crippen molar-refractivity contribution in [1.82, 2.24) is 40.0 Å². The largest absolute Gasteiger partial charge is 0.444 e. The molecule has 18 heteroatoms. The third-order valence-electron chi connectivity index (χ3n) is 9.77. The minimum Gasteiger partial charge on any atom is -0.444 e. The Kier molecular flexibility index (Phi) is 8.89. The molecule has 3 aliphatic heterocycles. The van der Waals surface area contributed by atoms with Gasteiger partial charge in [-0.3, -0.25) is 34.1 Å². The number of halogens is 2. The van der Waals surface area contributed by atoms with Crippen LogP contribution in [0.3, 0.4) is 0 Å². The first-order valence-corrected chi connectivity index (χ1v) is 17.3. The van der Waals surface area contributed by atoms with Crippen molar-refractivity contribution in [2.45, 2.75) is 51.1 Å². The van der Waals surface area contributed by atoms with Crippen LogP contribution in [0.2, 0.25) is 0 Å². The molecule has 4 aliphatic rings. The number of alkyl halides is 2. The number of rotatable bonds is 11. The molecule has 1 aromatic carbocycles. The van der Waals surface area contributed by atoms with Gasteiger partial charge in [0.1, 0.15) is 12.1 Å². The van der Waals surface area contributed by atoms with Crippen LogP contribution in [0.4, 0.5) is 25.1 Å². The van der Waals surface area contributed by atoms with Crippen molar-refractivity contribution in [1.29, 1.82) is 0 Å². The number of benzene rings is 1. The highest BCUT2D eigenvalue weighted by atomic mass is 19.3. The molecule has 3 N–H and O–H groups in total. The maximum atomic E-state index is 14.1. The van der Waals surface area contributed by atoms with E-state index in [2.05, 4.69) is 35.9 Å². The summed E-state index contributed by atoms with van der Waals surface area (Å²) in [5.41, 5.74) is 0.976. The zero-order valence-electron chi connectivity index (χ0n) is 28.3. The van der Waals surface area contributed by atoms with E-state index in [9.17, 15) is 32.8 Å². The Bertz CT molecular complexity index is 2120. The molecule has 0 atom stereocenters. The summed E-state index contributed by atoms with van der Waals surface area (Å²) in [6, 6.07) is 7.36. The van der Waals surface area contributed by atoms with Crippen LogP contribution in [0.5, 0.6) is 0 Å². The second kappa shape index (κ2) is 13.8. The number of nitrogens with one attached hydrogen (secondary N) is 3. The summed E-state index contributed by atoms with van der Waals surface area (Å²) in [4.78, 5) is 73.9. The Morgan fingerprint density at radius 2 is 1.79 bits per heavy atom. The molecule has 6 heterocycles. The van der Waals surface area contributed by atoms with Crippen molar-refractivity contribution in [2.75, 3.05) is 36.8 Å². The molecule has 3 aromatic heterocycles. The summed E-state index contributed by atoms with van der Waals surface area (Å²) in [5, 5.41) is 13.8. The summed E-state index contributed by atoms with van der Waals surface area (Å²) in [6.07, 6.45) is 4.77. The topological polar surface area (TPSA) is 188 Å². The number of nitrogens with zero attached hydrogens (tertiary/aromatic N) is 7. The Morgan fingerprint density at radius 1 is 1.00 bits per heavy atom. The predicted molar refractivity (Wildman–Crippen MR) is 181 cm³/mol. The van der Waals surface area contributed by atoms with Gasteiger partial charge >= 0.3 is 6.03 Å². The molecule has 8 rings (SSSR count). The maximum Gasteiger partial charge on any atom is 0.343 e. The van der Waals surface area contributed by atoms with E-state index in [1.165, 1.54) is 30.0 Å². The monoisotopic (exact) mass is 728 g/mol. The van der Waals surface area contributed by atoms with Crippen molar-refractivity contribution in [3.05, 3.63) is 77.1 Å². The second-order valence-corrected chi connectivity index (χ2v) is 13.5. The molecule has 4 aromatic rings. The quantitative estimate of drug-likeness (QED) is 0.188. The van der Waals surface area contributed by atoms with Crippen LogP contribution >= 0.6 is 0 Å². The Labute approximate surface area is 300 Å². The average Bonchev–Trinajstić information content (AvgIpc) is 3.56. The highest BCUT2D eigenvalue weighted by Gasteiger charge is 2.43. The van der Waals surface area contributed by atoms with Gasteiger partial charge in [-0.25, -0.2) is 28.6 Å². The molecule has 1 saturated carbocycles. The number of imide groups is 2. The van der Waals surface area contributed by atoms with Crippen LogP contribution < -0.4 is 16.0 Å². The van der Waals surface area contributed by atoms with Crippen molar-refractivity contribution >= 4 is 41.2 Å². The number of pyridine rings is 1. The average molecular weight is 729 g/mol. The van der Waals surface area contributed by atoms with E-state index in [4.69, 9.17) is 4.42 Å². The van der Waals surface area contributed by atoms with Crippen LogP contribution in [0.15, 0.2) is 53.4 Å². The number of hydrogen-bond donors (Lipinski definition) is 3. The number of likely N-dealkylation sites (tertiary alicyclic amines) is 1. The molecule has 3 fully saturated rings. The number of urea groups is 1. The van der Waals surface area contributed by atoms with Gasteiger partial charge in [0.05, 0.1) is 29.4 Å². The normalized spacial score (nSPS) is 18.2. The highest BCUT2D eigenvalue weighted by molar-refractivity contribution is 6.22. The molecule has 6 amide bonds. The van der Waals surface area contributed by atoms with Crippen LogP contribution in [0.25, 0.3) is 11.5 Å². The number of piperidine rings is 1. The molecule has 274 valence electrons. The highest BCUT2D eigenvalue weighted by Crippen LogP contribution is 2.33. The first kappa shape index (κ1) is 34.1. The number of hydrogen-bond acceptors (Lipinski definition) is 11. The molecular formula is C35H34F2N10O6. The third kappa shape index (κ3) is 6.96. The van der Waals surface area contributed by atoms with E-state index in [1.807, 2.05) is 0 Å². The molecule has 0 unspecified atom stereocenters. The SMILES string of the molecule is O=C1CCN(N2C(=O)c3ccc(CN4CCC(n5cc(NC(=O)c6coc(-c7ccnc(NCC8CC8)c7)n6)c(C(F)F)n5)CC4)cc3C2=O)C(=O)N1. The number of anilines is 2. The third-order valence-corrected chi connectivity index (χ3v) is 9.77. The zero-order chi connectivity index (χ0) is 36.8. The first-order valence-electron chi connectivity index (χ1n) is 17.3. The fraction of sp³-hybridized carbons (Fsp3) is 0.371. The number of oxazole rings is 1. The number of fused-ring (bicyclic) bond motifs is 1. The van der Waals surface area contributed by atoms with E-state index < -0.39 is 41.8 Å². The Balaban J connectivity index is 0.884. The van der Waals surface area contributed by atoms with E-state index in [0.29, 0.717) is 49.8 Å². The second-order valence-electron chi connectivity index (χ2n) is 13.5. The zero-order valence-corrected chi connectivity index (χ0v) is 28.3. The van der Waals surface area contributed by atoms with Gasteiger partial charge in [-0.1, -0.05) is 6.07 Å².